The molecule has 2 heterocycles. The molecule has 5 nitrogen and oxygen atoms in total. The van der Waals surface area contributed by atoms with Crippen LogP contribution >= 0.6 is 11.3 Å². The number of hydrogen-bond donors (Lipinski definition) is 2. The number of nitrogens with one attached hydrogen (secondary N) is 1. The molecule has 3 rings (SSSR count). The van der Waals surface area contributed by atoms with Crippen LogP contribution < -0.4 is 5.32 Å². The summed E-state index contributed by atoms with van der Waals surface area (Å²) in [6.07, 6.45) is 5.57. The van der Waals surface area contributed by atoms with Crippen LogP contribution in [0.2, 0.25) is 0 Å². The van der Waals surface area contributed by atoms with Crippen LogP contribution in [-0.2, 0) is 11.2 Å². The summed E-state index contributed by atoms with van der Waals surface area (Å²) >= 11 is 1.69. The molecule has 1 aliphatic carbocycles. The summed E-state index contributed by atoms with van der Waals surface area (Å²) in [6, 6.07) is 3.43. The normalized spacial score (nSPS) is 17.0. The number of carboxylic acids is 1. The molecule has 1 aliphatic rings. The molecule has 21 heavy (non-hydrogen) atoms. The minimum Gasteiger partial charge on any atom is -0.478 e. The van der Waals surface area contributed by atoms with Crippen LogP contribution in [0, 0.1) is 0 Å². The third kappa shape index (κ3) is 2.80. The number of aryl methyl sites for hydroxylation is 1. The van der Waals surface area contributed by atoms with E-state index in [9.17, 15) is 9.59 Å². The van der Waals surface area contributed by atoms with Crippen molar-refractivity contribution in [2.45, 2.75) is 25.2 Å². The van der Waals surface area contributed by atoms with Crippen molar-refractivity contribution in [2.75, 3.05) is 5.32 Å². The van der Waals surface area contributed by atoms with Gasteiger partial charge in [-0.25, -0.2) is 4.79 Å². The smallest absolute Gasteiger partial charge is 0.337 e. The number of nitrogens with zero attached hydrogens (tertiary/aromatic N) is 1. The van der Waals surface area contributed by atoms with Crippen molar-refractivity contribution >= 4 is 28.9 Å². The van der Waals surface area contributed by atoms with Crippen LogP contribution in [-0.4, -0.2) is 22.0 Å². The average Bonchev–Trinajstić information content (AvgIpc) is 2.95. The average molecular weight is 302 g/mol. The van der Waals surface area contributed by atoms with Gasteiger partial charge in [-0.2, -0.15) is 0 Å². The lowest BCUT2D eigenvalue weighted by atomic mass is 9.87. The Labute approximate surface area is 125 Å². The molecule has 2 aromatic rings. The van der Waals surface area contributed by atoms with Crippen LogP contribution in [0.25, 0.3) is 0 Å². The molecule has 1 unspecified atom stereocenters. The molecule has 1 amide bonds. The quantitative estimate of drug-likeness (QED) is 0.913. The number of rotatable bonds is 3. The highest BCUT2D eigenvalue weighted by molar-refractivity contribution is 7.10. The van der Waals surface area contributed by atoms with Gasteiger partial charge in [0.1, 0.15) is 0 Å². The summed E-state index contributed by atoms with van der Waals surface area (Å²) < 4.78 is 0. The number of thiophene rings is 1. The van der Waals surface area contributed by atoms with Gasteiger partial charge >= 0.3 is 5.97 Å². The van der Waals surface area contributed by atoms with Gasteiger partial charge in [0.25, 0.3) is 0 Å². The Bertz CT molecular complexity index is 696. The van der Waals surface area contributed by atoms with Crippen LogP contribution in [0.15, 0.2) is 29.9 Å². The Balaban J connectivity index is 1.79. The summed E-state index contributed by atoms with van der Waals surface area (Å²) in [4.78, 5) is 28.5. The van der Waals surface area contributed by atoms with Crippen LogP contribution in [0.3, 0.4) is 0 Å². The van der Waals surface area contributed by atoms with Gasteiger partial charge in [0.05, 0.1) is 23.4 Å². The number of carbonyl (C=O) groups excluding carboxylic acids is 1. The molecule has 0 saturated carbocycles. The first-order valence-corrected chi connectivity index (χ1v) is 7.58. The SMILES string of the molecule is O=C(O)c1cncc(NC(=O)C2CCCc3sccc32)c1. The molecule has 2 aromatic heterocycles. The van der Waals surface area contributed by atoms with Crippen molar-refractivity contribution < 1.29 is 14.7 Å². The third-order valence-corrected chi connectivity index (χ3v) is 4.62. The van der Waals surface area contributed by atoms with Crippen molar-refractivity contribution in [3.05, 3.63) is 45.9 Å². The first kappa shape index (κ1) is 13.8. The molecular formula is C15H14N2O3S. The number of anilines is 1. The van der Waals surface area contributed by atoms with E-state index < -0.39 is 5.97 Å². The van der Waals surface area contributed by atoms with Crippen LogP contribution in [0.4, 0.5) is 5.69 Å². The number of amides is 1. The van der Waals surface area contributed by atoms with Gasteiger partial charge in [-0.1, -0.05) is 0 Å². The van der Waals surface area contributed by atoms with E-state index in [0.717, 1.165) is 24.8 Å². The van der Waals surface area contributed by atoms with Crippen molar-refractivity contribution in [2.24, 2.45) is 0 Å². The van der Waals surface area contributed by atoms with Gasteiger partial charge in [-0.3, -0.25) is 9.78 Å². The second-order valence-electron chi connectivity index (χ2n) is 5.00. The maximum absolute atomic E-state index is 12.4. The van der Waals surface area contributed by atoms with Crippen molar-refractivity contribution in [3.8, 4) is 0 Å². The first-order valence-electron chi connectivity index (χ1n) is 6.70. The molecule has 0 aromatic carbocycles. The van der Waals surface area contributed by atoms with E-state index >= 15 is 0 Å². The number of pyridine rings is 1. The number of carbonyl (C=O) groups is 2. The lowest BCUT2D eigenvalue weighted by molar-refractivity contribution is -0.117. The first-order chi connectivity index (χ1) is 10.1. The largest absolute Gasteiger partial charge is 0.478 e. The van der Waals surface area contributed by atoms with E-state index in [1.807, 2.05) is 11.4 Å². The Morgan fingerprint density at radius 3 is 3.05 bits per heavy atom. The monoisotopic (exact) mass is 302 g/mol. The predicted octanol–water partition coefficient (Wildman–Crippen LogP) is 2.90. The van der Waals surface area contributed by atoms with Crippen molar-refractivity contribution in [1.82, 2.24) is 4.98 Å². The fourth-order valence-corrected chi connectivity index (χ4v) is 3.60. The van der Waals surface area contributed by atoms with Gasteiger partial charge in [0, 0.05) is 11.1 Å². The Morgan fingerprint density at radius 1 is 1.38 bits per heavy atom. The molecule has 2 N–H and O–H groups in total. The van der Waals surface area contributed by atoms with Gasteiger partial charge < -0.3 is 10.4 Å². The van der Waals surface area contributed by atoms with Gasteiger partial charge in [0.2, 0.25) is 5.91 Å². The van der Waals surface area contributed by atoms with Crippen LogP contribution in [0.5, 0.6) is 0 Å². The standard InChI is InChI=1S/C15H14N2O3S/c18-14(12-2-1-3-13-11(12)4-5-21-13)17-10-6-9(15(19)20)7-16-8-10/h4-8,12H,1-3H2,(H,17,18)(H,19,20). The zero-order valence-corrected chi connectivity index (χ0v) is 12.0. The zero-order chi connectivity index (χ0) is 14.8. The zero-order valence-electron chi connectivity index (χ0n) is 11.2. The van der Waals surface area contributed by atoms with E-state index in [1.54, 1.807) is 11.3 Å². The Hall–Kier alpha value is -2.21. The highest BCUT2D eigenvalue weighted by atomic mass is 32.1. The lowest BCUT2D eigenvalue weighted by Crippen LogP contribution is -2.24. The highest BCUT2D eigenvalue weighted by Crippen LogP contribution is 2.35. The van der Waals surface area contributed by atoms with E-state index in [0.29, 0.717) is 5.69 Å². The topological polar surface area (TPSA) is 79.3 Å². The predicted molar refractivity (Wildman–Crippen MR) is 79.8 cm³/mol. The minimum absolute atomic E-state index is 0.0627. The minimum atomic E-state index is -1.06. The fourth-order valence-electron chi connectivity index (χ4n) is 2.61. The molecule has 0 saturated heterocycles. The van der Waals surface area contributed by atoms with E-state index in [2.05, 4.69) is 10.3 Å². The van der Waals surface area contributed by atoms with Gasteiger partial charge in [-0.15, -0.1) is 11.3 Å². The molecule has 108 valence electrons. The van der Waals surface area contributed by atoms with Crippen molar-refractivity contribution in [1.29, 1.82) is 0 Å². The van der Waals surface area contributed by atoms with Gasteiger partial charge in [0.15, 0.2) is 0 Å². The summed E-state index contributed by atoms with van der Waals surface area (Å²) in [7, 11) is 0. The Kier molecular flexibility index (Phi) is 3.70. The second kappa shape index (κ2) is 5.65. The number of aromatic carboxylic acids is 1. The van der Waals surface area contributed by atoms with E-state index in [-0.39, 0.29) is 17.4 Å². The molecular weight excluding hydrogens is 288 g/mol. The molecule has 1 atom stereocenters. The maximum atomic E-state index is 12.4. The lowest BCUT2D eigenvalue weighted by Gasteiger charge is -2.21. The number of hydrogen-bond acceptors (Lipinski definition) is 4. The summed E-state index contributed by atoms with van der Waals surface area (Å²) in [5.41, 5.74) is 1.58. The van der Waals surface area contributed by atoms with Crippen molar-refractivity contribution in [3.63, 3.8) is 0 Å². The summed E-state index contributed by atoms with van der Waals surface area (Å²) in [6.45, 7) is 0. The molecule has 0 radical (unpaired) electrons. The maximum Gasteiger partial charge on any atom is 0.337 e. The molecule has 0 spiro atoms. The van der Waals surface area contributed by atoms with Crippen LogP contribution in [0.1, 0.15) is 39.6 Å². The fraction of sp³-hybridized carbons (Fsp3) is 0.267. The molecule has 0 bridgehead atoms. The summed E-state index contributed by atoms with van der Waals surface area (Å²) in [5, 5.41) is 13.7. The van der Waals surface area contributed by atoms with Gasteiger partial charge in [-0.05, 0) is 42.3 Å². The Morgan fingerprint density at radius 2 is 2.24 bits per heavy atom. The van der Waals surface area contributed by atoms with E-state index in [4.69, 9.17) is 5.11 Å². The number of carboxylic acid groups (broad SMARTS) is 1. The number of fused-ring (bicyclic) bond motifs is 1. The third-order valence-electron chi connectivity index (χ3n) is 3.62. The summed E-state index contributed by atoms with van der Waals surface area (Å²) in [5.74, 6) is -1.32. The molecule has 0 aliphatic heterocycles. The second-order valence-corrected chi connectivity index (χ2v) is 6.00. The van der Waals surface area contributed by atoms with E-state index in [1.165, 1.54) is 23.3 Å². The highest BCUT2D eigenvalue weighted by Gasteiger charge is 2.27. The number of aromatic nitrogens is 1. The molecule has 0 fully saturated rings. The molecule has 6 heteroatoms.